The Bertz CT molecular complexity index is 385. The van der Waals surface area contributed by atoms with Crippen LogP contribution in [0.1, 0.15) is 39.7 Å². The molecule has 0 aliphatic heterocycles. The summed E-state index contributed by atoms with van der Waals surface area (Å²) in [5, 5.41) is 3.50. The molecule has 1 aromatic rings. The topological polar surface area (TPSA) is 12.0 Å². The first-order valence-corrected chi connectivity index (χ1v) is 7.27. The maximum Gasteiger partial charge on any atom is 0.137 e. The van der Waals surface area contributed by atoms with Gasteiger partial charge in [0, 0.05) is 5.54 Å². The minimum absolute atomic E-state index is 0.160. The molecule has 1 unspecified atom stereocenters. The van der Waals surface area contributed by atoms with Gasteiger partial charge in [0.2, 0.25) is 0 Å². The van der Waals surface area contributed by atoms with Crippen LogP contribution in [0.5, 0.6) is 0 Å². The largest absolute Gasteiger partial charge is 0.312 e. The number of aryl methyl sites for hydroxylation is 1. The van der Waals surface area contributed by atoms with Gasteiger partial charge in [0.25, 0.3) is 0 Å². The third-order valence-corrected chi connectivity index (χ3v) is 3.81. The number of hydrogen-bond donors (Lipinski definition) is 1. The lowest BCUT2D eigenvalue weighted by molar-refractivity contribution is 0.372. The molecular formula is C15H23BrFN. The van der Waals surface area contributed by atoms with Gasteiger partial charge in [-0.25, -0.2) is 4.39 Å². The molecule has 0 amide bonds. The summed E-state index contributed by atoms with van der Waals surface area (Å²) in [6, 6.07) is 5.24. The fraction of sp³-hybridized carbons (Fsp3) is 0.600. The van der Waals surface area contributed by atoms with Gasteiger partial charge in [-0.15, -0.1) is 0 Å². The van der Waals surface area contributed by atoms with Crippen molar-refractivity contribution in [1.29, 1.82) is 0 Å². The maximum absolute atomic E-state index is 13.3. The lowest BCUT2D eigenvalue weighted by atomic mass is 9.99. The first-order chi connectivity index (χ1) is 8.29. The van der Waals surface area contributed by atoms with E-state index < -0.39 is 0 Å². The third-order valence-electron chi connectivity index (χ3n) is 2.92. The molecule has 0 radical (unpaired) electrons. The minimum Gasteiger partial charge on any atom is -0.312 e. The van der Waals surface area contributed by atoms with Crippen LogP contribution in [0, 0.1) is 11.7 Å². The van der Waals surface area contributed by atoms with Gasteiger partial charge in [0.05, 0.1) is 4.47 Å². The number of rotatable bonds is 5. The quantitative estimate of drug-likeness (QED) is 0.840. The van der Waals surface area contributed by atoms with Crippen LogP contribution in [-0.4, -0.2) is 12.1 Å². The molecule has 3 heteroatoms. The highest BCUT2D eigenvalue weighted by Crippen LogP contribution is 2.22. The molecule has 0 bridgehead atoms. The zero-order chi connectivity index (χ0) is 13.8. The van der Waals surface area contributed by atoms with Crippen LogP contribution in [0.3, 0.4) is 0 Å². The Morgan fingerprint density at radius 3 is 2.61 bits per heavy atom. The van der Waals surface area contributed by atoms with Gasteiger partial charge in [-0.2, -0.15) is 0 Å². The second-order valence-electron chi connectivity index (χ2n) is 5.99. The van der Waals surface area contributed by atoms with Gasteiger partial charge in [0.1, 0.15) is 5.82 Å². The van der Waals surface area contributed by atoms with Crippen molar-refractivity contribution in [3.8, 4) is 0 Å². The average molecular weight is 316 g/mol. The van der Waals surface area contributed by atoms with Crippen LogP contribution >= 0.6 is 15.9 Å². The van der Waals surface area contributed by atoms with Gasteiger partial charge in [-0.1, -0.05) is 19.1 Å². The van der Waals surface area contributed by atoms with Gasteiger partial charge in [-0.05, 0) is 73.6 Å². The monoisotopic (exact) mass is 315 g/mol. The van der Waals surface area contributed by atoms with Crippen LogP contribution in [0.4, 0.5) is 4.39 Å². The molecule has 0 saturated carbocycles. The second kappa shape index (κ2) is 6.67. The summed E-state index contributed by atoms with van der Waals surface area (Å²) in [6.45, 7) is 9.73. The SMILES string of the molecule is CC(CCc1cccc(F)c1Br)CNC(C)(C)C. The van der Waals surface area contributed by atoms with Crippen LogP contribution in [0.15, 0.2) is 22.7 Å². The summed E-state index contributed by atoms with van der Waals surface area (Å²) in [5.41, 5.74) is 1.21. The molecule has 0 aliphatic carbocycles. The number of nitrogens with one attached hydrogen (secondary N) is 1. The summed E-state index contributed by atoms with van der Waals surface area (Å²) in [5.74, 6) is 0.410. The van der Waals surface area contributed by atoms with Crippen LogP contribution in [0.2, 0.25) is 0 Å². The van der Waals surface area contributed by atoms with Crippen molar-refractivity contribution in [2.45, 2.75) is 46.1 Å². The van der Waals surface area contributed by atoms with Crippen molar-refractivity contribution >= 4 is 15.9 Å². The number of hydrogen-bond acceptors (Lipinski definition) is 1. The standard InChI is InChI=1S/C15H23BrFN/c1-11(10-18-15(2,3)4)8-9-12-6-5-7-13(17)14(12)16/h5-7,11,18H,8-10H2,1-4H3. The molecule has 1 aromatic carbocycles. The Morgan fingerprint density at radius 2 is 2.00 bits per heavy atom. The molecule has 0 aliphatic rings. The van der Waals surface area contributed by atoms with Gasteiger partial charge < -0.3 is 5.32 Å². The highest BCUT2D eigenvalue weighted by molar-refractivity contribution is 9.10. The summed E-state index contributed by atoms with van der Waals surface area (Å²) in [7, 11) is 0. The Balaban J connectivity index is 2.43. The first kappa shape index (κ1) is 15.6. The van der Waals surface area contributed by atoms with E-state index in [0.717, 1.165) is 24.9 Å². The van der Waals surface area contributed by atoms with E-state index >= 15 is 0 Å². The van der Waals surface area contributed by atoms with E-state index in [9.17, 15) is 4.39 Å². The predicted molar refractivity (Wildman–Crippen MR) is 79.3 cm³/mol. The van der Waals surface area contributed by atoms with E-state index in [1.807, 2.05) is 6.07 Å². The average Bonchev–Trinajstić information content (AvgIpc) is 2.27. The summed E-state index contributed by atoms with van der Waals surface area (Å²) < 4.78 is 14.0. The lowest BCUT2D eigenvalue weighted by Gasteiger charge is -2.23. The molecule has 18 heavy (non-hydrogen) atoms. The minimum atomic E-state index is -0.173. The van der Waals surface area contributed by atoms with E-state index in [-0.39, 0.29) is 11.4 Å². The van der Waals surface area contributed by atoms with E-state index in [4.69, 9.17) is 0 Å². The van der Waals surface area contributed by atoms with Crippen molar-refractivity contribution in [1.82, 2.24) is 5.32 Å². The molecule has 1 nitrogen and oxygen atoms in total. The molecule has 0 heterocycles. The van der Waals surface area contributed by atoms with Gasteiger partial charge >= 0.3 is 0 Å². The maximum atomic E-state index is 13.3. The molecule has 1 atom stereocenters. The highest BCUT2D eigenvalue weighted by Gasteiger charge is 2.12. The molecular weight excluding hydrogens is 293 g/mol. The van der Waals surface area contributed by atoms with Crippen molar-refractivity contribution in [2.24, 2.45) is 5.92 Å². The van der Waals surface area contributed by atoms with E-state index in [1.165, 1.54) is 6.07 Å². The summed E-state index contributed by atoms with van der Waals surface area (Å²) in [6.07, 6.45) is 1.97. The second-order valence-corrected chi connectivity index (χ2v) is 6.78. The van der Waals surface area contributed by atoms with E-state index in [0.29, 0.717) is 10.4 Å². The van der Waals surface area contributed by atoms with Crippen LogP contribution < -0.4 is 5.32 Å². The molecule has 0 aromatic heterocycles. The molecule has 0 spiro atoms. The summed E-state index contributed by atoms with van der Waals surface area (Å²) in [4.78, 5) is 0. The molecule has 0 fully saturated rings. The normalized spacial score (nSPS) is 13.7. The molecule has 102 valence electrons. The Morgan fingerprint density at radius 1 is 1.33 bits per heavy atom. The zero-order valence-corrected chi connectivity index (χ0v) is 13.3. The van der Waals surface area contributed by atoms with E-state index in [1.54, 1.807) is 6.07 Å². The Kier molecular flexibility index (Phi) is 5.80. The number of halogens is 2. The Hall–Kier alpha value is -0.410. The smallest absolute Gasteiger partial charge is 0.137 e. The zero-order valence-electron chi connectivity index (χ0n) is 11.7. The van der Waals surface area contributed by atoms with Crippen molar-refractivity contribution in [3.05, 3.63) is 34.1 Å². The van der Waals surface area contributed by atoms with Crippen LogP contribution in [0.25, 0.3) is 0 Å². The predicted octanol–water partition coefficient (Wildman–Crippen LogP) is 4.55. The highest BCUT2D eigenvalue weighted by atomic mass is 79.9. The van der Waals surface area contributed by atoms with Gasteiger partial charge in [0.15, 0.2) is 0 Å². The molecule has 1 N–H and O–H groups in total. The third kappa shape index (κ3) is 5.49. The van der Waals surface area contributed by atoms with E-state index in [2.05, 4.69) is 48.9 Å². The number of benzene rings is 1. The van der Waals surface area contributed by atoms with Crippen molar-refractivity contribution < 1.29 is 4.39 Å². The van der Waals surface area contributed by atoms with Crippen molar-refractivity contribution in [3.63, 3.8) is 0 Å². The first-order valence-electron chi connectivity index (χ1n) is 6.47. The van der Waals surface area contributed by atoms with Crippen molar-refractivity contribution in [2.75, 3.05) is 6.54 Å². The Labute approximate surface area is 118 Å². The molecule has 1 rings (SSSR count). The van der Waals surface area contributed by atoms with Crippen LogP contribution in [-0.2, 0) is 6.42 Å². The fourth-order valence-corrected chi connectivity index (χ4v) is 2.19. The lowest BCUT2D eigenvalue weighted by Crippen LogP contribution is -2.38. The fourth-order valence-electron chi connectivity index (χ4n) is 1.73. The molecule has 0 saturated heterocycles. The summed E-state index contributed by atoms with van der Waals surface area (Å²) >= 11 is 3.31. The van der Waals surface area contributed by atoms with Gasteiger partial charge in [-0.3, -0.25) is 0 Å².